The SMILES string of the molecule is CCCCCC1N=NC(C(CC)CCC)S1. The molecule has 16 heavy (non-hydrogen) atoms. The second-order valence-corrected chi connectivity index (χ2v) is 5.96. The molecule has 0 aliphatic carbocycles. The topological polar surface area (TPSA) is 24.7 Å². The third-order valence-electron chi connectivity index (χ3n) is 3.25. The van der Waals surface area contributed by atoms with Gasteiger partial charge in [-0.15, -0.1) is 11.8 Å². The Balaban J connectivity index is 2.26. The molecule has 0 aromatic rings. The van der Waals surface area contributed by atoms with Crippen LogP contribution in [0, 0.1) is 5.92 Å². The smallest absolute Gasteiger partial charge is 0.121 e. The van der Waals surface area contributed by atoms with Gasteiger partial charge in [0.25, 0.3) is 0 Å². The summed E-state index contributed by atoms with van der Waals surface area (Å²) in [7, 11) is 0. The summed E-state index contributed by atoms with van der Waals surface area (Å²) in [5.74, 6) is 0.745. The lowest BCUT2D eigenvalue weighted by atomic mass is 10.0. The van der Waals surface area contributed by atoms with E-state index >= 15 is 0 Å². The average molecular weight is 242 g/mol. The van der Waals surface area contributed by atoms with E-state index in [4.69, 9.17) is 0 Å². The van der Waals surface area contributed by atoms with E-state index in [1.807, 2.05) is 11.8 Å². The highest BCUT2D eigenvalue weighted by Crippen LogP contribution is 2.38. The van der Waals surface area contributed by atoms with Gasteiger partial charge in [-0.25, -0.2) is 0 Å². The van der Waals surface area contributed by atoms with Gasteiger partial charge in [0, 0.05) is 0 Å². The monoisotopic (exact) mass is 242 g/mol. The van der Waals surface area contributed by atoms with Crippen molar-refractivity contribution < 1.29 is 0 Å². The molecule has 2 nitrogen and oxygen atoms in total. The van der Waals surface area contributed by atoms with Crippen molar-refractivity contribution in [2.24, 2.45) is 16.1 Å². The lowest BCUT2D eigenvalue weighted by Gasteiger charge is -2.18. The molecule has 0 aromatic heterocycles. The van der Waals surface area contributed by atoms with Crippen molar-refractivity contribution in [2.75, 3.05) is 0 Å². The fourth-order valence-electron chi connectivity index (χ4n) is 2.17. The first-order valence-corrected chi connectivity index (χ1v) is 7.81. The number of hydrogen-bond donors (Lipinski definition) is 0. The van der Waals surface area contributed by atoms with Gasteiger partial charge in [0.05, 0.1) is 0 Å². The van der Waals surface area contributed by atoms with E-state index in [1.54, 1.807) is 0 Å². The summed E-state index contributed by atoms with van der Waals surface area (Å²) in [4.78, 5) is 0. The summed E-state index contributed by atoms with van der Waals surface area (Å²) in [5, 5.41) is 9.82. The number of thioether (sulfide) groups is 1. The van der Waals surface area contributed by atoms with Crippen molar-refractivity contribution in [2.45, 2.75) is 76.5 Å². The van der Waals surface area contributed by atoms with Crippen LogP contribution in [-0.4, -0.2) is 10.7 Å². The normalized spacial score (nSPS) is 26.2. The number of rotatable bonds is 8. The fourth-order valence-corrected chi connectivity index (χ4v) is 3.57. The molecule has 3 unspecified atom stereocenters. The zero-order valence-corrected chi connectivity index (χ0v) is 11.8. The number of hydrogen-bond acceptors (Lipinski definition) is 3. The van der Waals surface area contributed by atoms with Crippen LogP contribution in [0.25, 0.3) is 0 Å². The molecule has 1 aliphatic rings. The molecule has 0 radical (unpaired) electrons. The van der Waals surface area contributed by atoms with Crippen LogP contribution in [0.3, 0.4) is 0 Å². The molecule has 0 aromatic carbocycles. The highest BCUT2D eigenvalue weighted by molar-refractivity contribution is 8.00. The molecule has 3 heteroatoms. The zero-order valence-electron chi connectivity index (χ0n) is 11.0. The van der Waals surface area contributed by atoms with Crippen molar-refractivity contribution >= 4 is 11.8 Å². The van der Waals surface area contributed by atoms with Crippen LogP contribution in [-0.2, 0) is 0 Å². The van der Waals surface area contributed by atoms with Gasteiger partial charge >= 0.3 is 0 Å². The predicted molar refractivity (Wildman–Crippen MR) is 72.9 cm³/mol. The average Bonchev–Trinajstić information content (AvgIpc) is 2.75. The van der Waals surface area contributed by atoms with Crippen molar-refractivity contribution in [1.82, 2.24) is 0 Å². The van der Waals surface area contributed by atoms with Crippen molar-refractivity contribution in [3.8, 4) is 0 Å². The van der Waals surface area contributed by atoms with E-state index < -0.39 is 0 Å². The molecule has 1 rings (SSSR count). The van der Waals surface area contributed by atoms with Crippen LogP contribution in [0.4, 0.5) is 0 Å². The second kappa shape index (κ2) is 8.10. The number of unbranched alkanes of at least 4 members (excludes halogenated alkanes) is 2. The summed E-state index contributed by atoms with van der Waals surface area (Å²) < 4.78 is 0. The molecule has 0 amide bonds. The van der Waals surface area contributed by atoms with Crippen LogP contribution < -0.4 is 0 Å². The van der Waals surface area contributed by atoms with Gasteiger partial charge in [-0.3, -0.25) is 0 Å². The number of azo groups is 1. The summed E-state index contributed by atoms with van der Waals surface area (Å²) in [6.45, 7) is 6.79. The Hall–Kier alpha value is -0.0500. The van der Waals surface area contributed by atoms with Gasteiger partial charge in [-0.05, 0) is 18.8 Å². The van der Waals surface area contributed by atoms with Crippen molar-refractivity contribution in [1.29, 1.82) is 0 Å². The van der Waals surface area contributed by atoms with Crippen LogP contribution in [0.15, 0.2) is 10.2 Å². The zero-order chi connectivity index (χ0) is 11.8. The molecule has 0 bridgehead atoms. The van der Waals surface area contributed by atoms with Gasteiger partial charge in [0.1, 0.15) is 10.7 Å². The van der Waals surface area contributed by atoms with E-state index in [9.17, 15) is 0 Å². The van der Waals surface area contributed by atoms with Crippen LogP contribution in [0.1, 0.15) is 65.7 Å². The van der Waals surface area contributed by atoms with E-state index in [2.05, 4.69) is 31.0 Å². The maximum absolute atomic E-state index is 4.47. The molecule has 0 fully saturated rings. The van der Waals surface area contributed by atoms with Crippen molar-refractivity contribution in [3.63, 3.8) is 0 Å². The van der Waals surface area contributed by atoms with E-state index in [1.165, 1.54) is 44.9 Å². The summed E-state index contributed by atoms with van der Waals surface area (Å²) in [6, 6.07) is 0. The molecule has 94 valence electrons. The minimum Gasteiger partial charge on any atom is -0.179 e. The standard InChI is InChI=1S/C13H26N2S/c1-4-7-8-10-12-14-15-13(16-12)11(6-3)9-5-2/h11-13H,4-10H2,1-3H3. The Kier molecular flexibility index (Phi) is 7.10. The van der Waals surface area contributed by atoms with Gasteiger partial charge in [0.2, 0.25) is 0 Å². The Labute approximate surface area is 105 Å². The third kappa shape index (κ3) is 4.44. The first kappa shape index (κ1) is 14.0. The highest BCUT2D eigenvalue weighted by atomic mass is 32.2. The second-order valence-electron chi connectivity index (χ2n) is 4.67. The summed E-state index contributed by atoms with van der Waals surface area (Å²) in [6.07, 6.45) is 8.98. The summed E-state index contributed by atoms with van der Waals surface area (Å²) >= 11 is 2.00. The Morgan fingerprint density at radius 3 is 2.50 bits per heavy atom. The molecule has 0 spiro atoms. The quantitative estimate of drug-likeness (QED) is 0.534. The molecule has 1 aliphatic heterocycles. The third-order valence-corrected chi connectivity index (χ3v) is 4.65. The Morgan fingerprint density at radius 2 is 1.88 bits per heavy atom. The minimum atomic E-state index is 0.455. The molecular weight excluding hydrogens is 216 g/mol. The maximum atomic E-state index is 4.47. The Bertz CT molecular complexity index is 206. The Morgan fingerprint density at radius 1 is 1.06 bits per heavy atom. The van der Waals surface area contributed by atoms with Gasteiger partial charge in [-0.2, -0.15) is 10.2 Å². The number of nitrogens with zero attached hydrogens (tertiary/aromatic N) is 2. The first-order valence-electron chi connectivity index (χ1n) is 6.87. The fraction of sp³-hybridized carbons (Fsp3) is 1.00. The largest absolute Gasteiger partial charge is 0.179 e. The van der Waals surface area contributed by atoms with Crippen LogP contribution in [0.2, 0.25) is 0 Å². The lowest BCUT2D eigenvalue weighted by Crippen LogP contribution is -2.13. The lowest BCUT2D eigenvalue weighted by molar-refractivity contribution is 0.449. The minimum absolute atomic E-state index is 0.455. The molecule has 0 saturated carbocycles. The first-order chi connectivity index (χ1) is 7.81. The highest BCUT2D eigenvalue weighted by Gasteiger charge is 2.27. The van der Waals surface area contributed by atoms with Gasteiger partial charge < -0.3 is 0 Å². The van der Waals surface area contributed by atoms with Gasteiger partial charge in [0.15, 0.2) is 0 Å². The van der Waals surface area contributed by atoms with E-state index in [0.29, 0.717) is 10.7 Å². The molecule has 1 heterocycles. The molecule has 3 atom stereocenters. The van der Waals surface area contributed by atoms with Crippen LogP contribution in [0.5, 0.6) is 0 Å². The van der Waals surface area contributed by atoms with Gasteiger partial charge in [-0.1, -0.05) is 52.9 Å². The predicted octanol–water partition coefficient (Wildman–Crippen LogP) is 5.24. The van der Waals surface area contributed by atoms with Crippen LogP contribution >= 0.6 is 11.8 Å². The maximum Gasteiger partial charge on any atom is 0.121 e. The van der Waals surface area contributed by atoms with Crippen molar-refractivity contribution in [3.05, 3.63) is 0 Å². The molecule has 0 saturated heterocycles. The summed E-state index contributed by atoms with van der Waals surface area (Å²) in [5.41, 5.74) is 0. The van der Waals surface area contributed by atoms with E-state index in [-0.39, 0.29) is 0 Å². The molecular formula is C13H26N2S. The molecule has 0 N–H and O–H groups in total. The van der Waals surface area contributed by atoms with E-state index in [0.717, 1.165) is 5.92 Å².